The Hall–Kier alpha value is -3.53. The SMILES string of the molecule is CCc1ccc(OCC(=O)N(CC)C(c2ccc(C)cc2)c2c[nH]c3ccccc23)cc1. The van der Waals surface area contributed by atoms with Crippen LogP contribution in [0.25, 0.3) is 10.9 Å². The predicted octanol–water partition coefficient (Wildman–Crippen LogP) is 6.06. The number of amides is 1. The largest absolute Gasteiger partial charge is 0.484 e. The number of para-hydroxylation sites is 1. The summed E-state index contributed by atoms with van der Waals surface area (Å²) in [6, 6.07) is 24.4. The van der Waals surface area contributed by atoms with Crippen LogP contribution < -0.4 is 4.74 Å². The van der Waals surface area contributed by atoms with Gasteiger partial charge in [0.1, 0.15) is 5.75 Å². The second-order valence-electron chi connectivity index (χ2n) is 8.07. The zero-order chi connectivity index (χ0) is 22.5. The van der Waals surface area contributed by atoms with Crippen LogP contribution in [0.15, 0.2) is 79.0 Å². The molecule has 1 amide bonds. The summed E-state index contributed by atoms with van der Waals surface area (Å²) in [5, 5.41) is 1.13. The highest BCUT2D eigenvalue weighted by atomic mass is 16.5. The first-order valence-corrected chi connectivity index (χ1v) is 11.2. The van der Waals surface area contributed by atoms with Crippen molar-refractivity contribution in [3.63, 3.8) is 0 Å². The number of likely N-dealkylation sites (N-methyl/N-ethyl adjacent to an activating group) is 1. The molecule has 1 aromatic heterocycles. The summed E-state index contributed by atoms with van der Waals surface area (Å²) in [5.41, 5.74) is 5.68. The number of carbonyl (C=O) groups excluding carboxylic acids is 1. The van der Waals surface area contributed by atoms with Crippen LogP contribution in [-0.2, 0) is 11.2 Å². The molecule has 0 saturated carbocycles. The summed E-state index contributed by atoms with van der Waals surface area (Å²) >= 11 is 0. The van der Waals surface area contributed by atoms with Gasteiger partial charge >= 0.3 is 0 Å². The molecule has 0 aliphatic carbocycles. The number of H-pyrrole nitrogens is 1. The van der Waals surface area contributed by atoms with Gasteiger partial charge in [0.2, 0.25) is 0 Å². The van der Waals surface area contributed by atoms with E-state index in [1.54, 1.807) is 0 Å². The molecule has 1 atom stereocenters. The maximum atomic E-state index is 13.4. The van der Waals surface area contributed by atoms with E-state index in [0.717, 1.165) is 28.5 Å². The van der Waals surface area contributed by atoms with Gasteiger partial charge < -0.3 is 14.6 Å². The van der Waals surface area contributed by atoms with Crippen molar-refractivity contribution >= 4 is 16.8 Å². The molecule has 4 aromatic rings. The Kier molecular flexibility index (Phi) is 6.60. The van der Waals surface area contributed by atoms with E-state index < -0.39 is 0 Å². The molecule has 0 aliphatic rings. The lowest BCUT2D eigenvalue weighted by Crippen LogP contribution is -2.38. The highest BCUT2D eigenvalue weighted by molar-refractivity contribution is 5.86. The van der Waals surface area contributed by atoms with Crippen LogP contribution in [0.1, 0.15) is 42.1 Å². The Morgan fingerprint density at radius 3 is 2.38 bits per heavy atom. The van der Waals surface area contributed by atoms with Crippen LogP contribution in [0.3, 0.4) is 0 Å². The number of ether oxygens (including phenoxy) is 1. The van der Waals surface area contributed by atoms with E-state index >= 15 is 0 Å². The second kappa shape index (κ2) is 9.73. The smallest absolute Gasteiger partial charge is 0.261 e. The molecule has 0 radical (unpaired) electrons. The maximum Gasteiger partial charge on any atom is 0.261 e. The van der Waals surface area contributed by atoms with Gasteiger partial charge in [0.15, 0.2) is 6.61 Å². The van der Waals surface area contributed by atoms with E-state index in [9.17, 15) is 4.79 Å². The van der Waals surface area contributed by atoms with Crippen molar-refractivity contribution in [3.8, 4) is 5.75 Å². The number of fused-ring (bicyclic) bond motifs is 1. The minimum absolute atomic E-state index is 0.00400. The minimum atomic E-state index is -0.199. The van der Waals surface area contributed by atoms with Gasteiger partial charge in [-0.05, 0) is 49.6 Å². The van der Waals surface area contributed by atoms with E-state index in [4.69, 9.17) is 4.74 Å². The van der Waals surface area contributed by atoms with Gasteiger partial charge in [-0.2, -0.15) is 0 Å². The lowest BCUT2D eigenvalue weighted by Gasteiger charge is -2.31. The van der Waals surface area contributed by atoms with Gasteiger partial charge in [-0.3, -0.25) is 4.79 Å². The average Bonchev–Trinajstić information content (AvgIpc) is 3.26. The lowest BCUT2D eigenvalue weighted by molar-refractivity contribution is -0.134. The first kappa shape index (κ1) is 21.7. The number of aromatic nitrogens is 1. The van der Waals surface area contributed by atoms with Crippen LogP contribution >= 0.6 is 0 Å². The second-order valence-corrected chi connectivity index (χ2v) is 8.07. The van der Waals surface area contributed by atoms with Gasteiger partial charge in [-0.25, -0.2) is 0 Å². The van der Waals surface area contributed by atoms with Crippen LogP contribution in [0.4, 0.5) is 0 Å². The molecule has 1 heterocycles. The van der Waals surface area contributed by atoms with Crippen molar-refractivity contribution in [1.29, 1.82) is 0 Å². The summed E-state index contributed by atoms with van der Waals surface area (Å²) in [4.78, 5) is 18.6. The summed E-state index contributed by atoms with van der Waals surface area (Å²) in [5.74, 6) is 0.675. The van der Waals surface area contributed by atoms with Crippen LogP contribution in [-0.4, -0.2) is 28.9 Å². The summed E-state index contributed by atoms with van der Waals surface area (Å²) in [7, 11) is 0. The summed E-state index contributed by atoms with van der Waals surface area (Å²) in [6.45, 7) is 6.79. The fraction of sp³-hybridized carbons (Fsp3) is 0.250. The molecule has 4 rings (SSSR count). The fourth-order valence-electron chi connectivity index (χ4n) is 4.15. The third-order valence-electron chi connectivity index (χ3n) is 5.98. The minimum Gasteiger partial charge on any atom is -0.484 e. The Morgan fingerprint density at radius 1 is 0.969 bits per heavy atom. The number of nitrogens with zero attached hydrogens (tertiary/aromatic N) is 1. The highest BCUT2D eigenvalue weighted by Gasteiger charge is 2.28. The lowest BCUT2D eigenvalue weighted by atomic mass is 9.95. The van der Waals surface area contributed by atoms with Crippen molar-refractivity contribution in [1.82, 2.24) is 9.88 Å². The number of aryl methyl sites for hydroxylation is 2. The predicted molar refractivity (Wildman–Crippen MR) is 130 cm³/mol. The molecule has 4 nitrogen and oxygen atoms in total. The number of hydrogen-bond acceptors (Lipinski definition) is 2. The Bertz CT molecular complexity index is 1180. The molecule has 1 N–H and O–H groups in total. The molecule has 32 heavy (non-hydrogen) atoms. The number of benzene rings is 3. The number of carbonyl (C=O) groups is 1. The Labute approximate surface area is 189 Å². The van der Waals surface area contributed by atoms with Gasteiger partial charge in [-0.1, -0.05) is 67.1 Å². The van der Waals surface area contributed by atoms with Crippen molar-refractivity contribution in [2.24, 2.45) is 0 Å². The number of nitrogens with one attached hydrogen (secondary N) is 1. The quantitative estimate of drug-likeness (QED) is 0.372. The summed E-state index contributed by atoms with van der Waals surface area (Å²) < 4.78 is 5.86. The van der Waals surface area contributed by atoms with E-state index in [1.165, 1.54) is 11.1 Å². The third-order valence-corrected chi connectivity index (χ3v) is 5.98. The van der Waals surface area contributed by atoms with Crippen LogP contribution in [0.2, 0.25) is 0 Å². The van der Waals surface area contributed by atoms with Crippen molar-refractivity contribution in [3.05, 3.63) is 101 Å². The third kappa shape index (κ3) is 4.54. The standard InChI is InChI=1S/C28H30N2O2/c1-4-21-12-16-23(17-13-21)32-19-27(31)30(5-2)28(22-14-10-20(3)11-15-22)25-18-29-26-9-7-6-8-24(25)26/h6-18,28-29H,4-5,19H2,1-3H3. The van der Waals surface area contributed by atoms with Crippen LogP contribution in [0, 0.1) is 6.92 Å². The molecule has 4 heteroatoms. The maximum absolute atomic E-state index is 13.4. The first-order valence-electron chi connectivity index (χ1n) is 11.2. The summed E-state index contributed by atoms with van der Waals surface area (Å²) in [6.07, 6.45) is 3.00. The Balaban J connectivity index is 1.65. The van der Waals surface area contributed by atoms with E-state index in [2.05, 4.69) is 55.2 Å². The molecule has 0 bridgehead atoms. The van der Waals surface area contributed by atoms with Gasteiger partial charge in [-0.15, -0.1) is 0 Å². The van der Waals surface area contributed by atoms with Crippen LogP contribution in [0.5, 0.6) is 5.75 Å². The zero-order valence-corrected chi connectivity index (χ0v) is 19.0. The van der Waals surface area contributed by atoms with Gasteiger partial charge in [0.25, 0.3) is 5.91 Å². The molecule has 164 valence electrons. The Morgan fingerprint density at radius 2 is 1.69 bits per heavy atom. The van der Waals surface area contributed by atoms with Crippen molar-refractivity contribution in [2.45, 2.75) is 33.2 Å². The monoisotopic (exact) mass is 426 g/mol. The normalized spacial score (nSPS) is 12.0. The zero-order valence-electron chi connectivity index (χ0n) is 19.0. The molecular weight excluding hydrogens is 396 g/mol. The van der Waals surface area contributed by atoms with Gasteiger partial charge in [0.05, 0.1) is 6.04 Å². The molecular formula is C28H30N2O2. The van der Waals surface area contributed by atoms with E-state index in [0.29, 0.717) is 12.3 Å². The number of hydrogen-bond donors (Lipinski definition) is 1. The van der Waals surface area contributed by atoms with E-state index in [-0.39, 0.29) is 18.6 Å². The van der Waals surface area contributed by atoms with E-state index in [1.807, 2.05) is 54.4 Å². The highest BCUT2D eigenvalue weighted by Crippen LogP contribution is 2.34. The van der Waals surface area contributed by atoms with Crippen molar-refractivity contribution < 1.29 is 9.53 Å². The molecule has 0 spiro atoms. The molecule has 3 aromatic carbocycles. The molecule has 0 fully saturated rings. The van der Waals surface area contributed by atoms with Gasteiger partial charge in [0, 0.05) is 29.2 Å². The molecule has 1 unspecified atom stereocenters. The fourth-order valence-corrected chi connectivity index (χ4v) is 4.15. The first-order chi connectivity index (χ1) is 15.6. The topological polar surface area (TPSA) is 45.3 Å². The number of rotatable bonds is 8. The van der Waals surface area contributed by atoms with Crippen molar-refractivity contribution in [2.75, 3.05) is 13.2 Å². The molecule has 0 saturated heterocycles. The molecule has 0 aliphatic heterocycles. The number of aromatic amines is 1. The average molecular weight is 427 g/mol.